The molecule has 24 heavy (non-hydrogen) atoms. The van der Waals surface area contributed by atoms with E-state index in [9.17, 15) is 9.59 Å². The van der Waals surface area contributed by atoms with E-state index in [1.807, 2.05) is 6.07 Å². The number of amides is 1. The third kappa shape index (κ3) is 3.55. The van der Waals surface area contributed by atoms with Crippen LogP contribution < -0.4 is 10.2 Å². The highest BCUT2D eigenvalue weighted by Crippen LogP contribution is 2.31. The van der Waals surface area contributed by atoms with Crippen molar-refractivity contribution in [2.75, 3.05) is 30.4 Å². The van der Waals surface area contributed by atoms with Gasteiger partial charge in [-0.3, -0.25) is 4.79 Å². The second kappa shape index (κ2) is 7.23. The number of methoxy groups -OCH3 is 1. The van der Waals surface area contributed by atoms with Crippen molar-refractivity contribution >= 4 is 46.2 Å². The fourth-order valence-corrected chi connectivity index (χ4v) is 3.67. The molecular formula is C17H17ClN2O3S. The second-order valence-electron chi connectivity index (χ2n) is 5.48. The summed E-state index contributed by atoms with van der Waals surface area (Å²) >= 11 is 7.11. The number of ether oxygens (including phenoxy) is 1. The molecule has 3 rings (SSSR count). The lowest BCUT2D eigenvalue weighted by molar-refractivity contribution is 0.0600. The van der Waals surface area contributed by atoms with Crippen molar-refractivity contribution in [3.05, 3.63) is 45.1 Å². The molecule has 0 atom stereocenters. The first-order chi connectivity index (χ1) is 11.6. The van der Waals surface area contributed by atoms with Crippen molar-refractivity contribution in [3.8, 4) is 0 Å². The van der Waals surface area contributed by atoms with Gasteiger partial charge < -0.3 is 15.0 Å². The fourth-order valence-electron chi connectivity index (χ4n) is 2.74. The normalized spacial score (nSPS) is 13.8. The number of benzene rings is 1. The lowest BCUT2D eigenvalue weighted by Gasteiger charge is -2.22. The molecule has 0 aliphatic carbocycles. The summed E-state index contributed by atoms with van der Waals surface area (Å²) in [4.78, 5) is 27.0. The van der Waals surface area contributed by atoms with Crippen LogP contribution in [0, 0.1) is 0 Å². The topological polar surface area (TPSA) is 58.6 Å². The minimum atomic E-state index is -0.433. The summed E-state index contributed by atoms with van der Waals surface area (Å²) in [6, 6.07) is 8.60. The Morgan fingerprint density at radius 2 is 1.96 bits per heavy atom. The average molecular weight is 365 g/mol. The Balaban J connectivity index is 1.92. The van der Waals surface area contributed by atoms with Crippen molar-refractivity contribution in [1.29, 1.82) is 0 Å². The summed E-state index contributed by atoms with van der Waals surface area (Å²) in [6.07, 6.45) is 2.24. The van der Waals surface area contributed by atoms with E-state index >= 15 is 0 Å². The molecule has 1 aromatic carbocycles. The van der Waals surface area contributed by atoms with E-state index in [4.69, 9.17) is 16.3 Å². The number of thiophene rings is 1. The van der Waals surface area contributed by atoms with Gasteiger partial charge in [0.05, 0.1) is 33.3 Å². The summed E-state index contributed by atoms with van der Waals surface area (Å²) in [6.45, 7) is 1.87. The van der Waals surface area contributed by atoms with Crippen LogP contribution in [-0.2, 0) is 4.74 Å². The van der Waals surface area contributed by atoms with Crippen LogP contribution in [-0.4, -0.2) is 32.1 Å². The number of esters is 1. The zero-order valence-electron chi connectivity index (χ0n) is 13.2. The Labute approximate surface area is 149 Å². The number of nitrogens with zero attached hydrogens (tertiary/aromatic N) is 1. The second-order valence-corrected chi connectivity index (χ2v) is 7.19. The smallest absolute Gasteiger partial charge is 0.337 e. The van der Waals surface area contributed by atoms with E-state index in [1.165, 1.54) is 18.4 Å². The lowest BCUT2D eigenvalue weighted by atomic mass is 10.1. The molecule has 0 bridgehead atoms. The minimum Gasteiger partial charge on any atom is -0.465 e. The molecule has 7 heteroatoms. The van der Waals surface area contributed by atoms with Gasteiger partial charge in [0.1, 0.15) is 0 Å². The number of carbonyl (C=O) groups is 2. The van der Waals surface area contributed by atoms with Crippen molar-refractivity contribution < 1.29 is 14.3 Å². The van der Waals surface area contributed by atoms with Crippen molar-refractivity contribution in [1.82, 2.24) is 0 Å². The molecule has 1 N–H and O–H groups in total. The van der Waals surface area contributed by atoms with Crippen molar-refractivity contribution in [2.24, 2.45) is 0 Å². The molecule has 0 radical (unpaired) electrons. The van der Waals surface area contributed by atoms with Crippen LogP contribution in [0.2, 0.25) is 4.34 Å². The molecule has 1 fully saturated rings. The van der Waals surface area contributed by atoms with Gasteiger partial charge in [-0.2, -0.15) is 0 Å². The standard InChI is InChI=1S/C17H17ClN2O3S/c1-23-17(22)11-4-5-13(20-8-2-3-9-20)12(10-11)19-16(21)14-6-7-15(18)24-14/h4-7,10H,2-3,8-9H2,1H3,(H,19,21). The summed E-state index contributed by atoms with van der Waals surface area (Å²) in [5.74, 6) is -0.674. The number of rotatable bonds is 4. The monoisotopic (exact) mass is 364 g/mol. The highest BCUT2D eigenvalue weighted by Gasteiger charge is 2.20. The molecule has 1 aliphatic heterocycles. The summed E-state index contributed by atoms with van der Waals surface area (Å²) in [5, 5.41) is 2.90. The maximum Gasteiger partial charge on any atom is 0.337 e. The zero-order chi connectivity index (χ0) is 17.1. The Morgan fingerprint density at radius 1 is 1.21 bits per heavy atom. The van der Waals surface area contributed by atoms with Crippen LogP contribution in [0.5, 0.6) is 0 Å². The lowest BCUT2D eigenvalue weighted by Crippen LogP contribution is -2.21. The van der Waals surface area contributed by atoms with E-state index in [-0.39, 0.29) is 5.91 Å². The van der Waals surface area contributed by atoms with Crippen LogP contribution >= 0.6 is 22.9 Å². The van der Waals surface area contributed by atoms with Gasteiger partial charge in [-0.05, 0) is 43.2 Å². The average Bonchev–Trinajstić information content (AvgIpc) is 3.25. The highest BCUT2D eigenvalue weighted by atomic mass is 35.5. The van der Waals surface area contributed by atoms with Crippen LogP contribution in [0.4, 0.5) is 11.4 Å². The summed E-state index contributed by atoms with van der Waals surface area (Å²) < 4.78 is 5.33. The molecule has 2 heterocycles. The van der Waals surface area contributed by atoms with Gasteiger partial charge in [0, 0.05) is 13.1 Å². The number of carbonyl (C=O) groups excluding carboxylic acids is 2. The molecule has 1 aromatic heterocycles. The first-order valence-corrected chi connectivity index (χ1v) is 8.82. The number of nitrogens with one attached hydrogen (secondary N) is 1. The predicted octanol–water partition coefficient (Wildman–Crippen LogP) is 4.04. The molecular weight excluding hydrogens is 348 g/mol. The van der Waals surface area contributed by atoms with E-state index < -0.39 is 5.97 Å². The minimum absolute atomic E-state index is 0.241. The quantitative estimate of drug-likeness (QED) is 0.832. The Bertz CT molecular complexity index is 769. The third-order valence-corrected chi connectivity index (χ3v) is 5.14. The van der Waals surface area contributed by atoms with Gasteiger partial charge in [0.15, 0.2) is 0 Å². The fraction of sp³-hybridized carbons (Fsp3) is 0.294. The number of anilines is 2. The van der Waals surface area contributed by atoms with Gasteiger partial charge in [0.2, 0.25) is 0 Å². The van der Waals surface area contributed by atoms with Crippen molar-refractivity contribution in [2.45, 2.75) is 12.8 Å². The SMILES string of the molecule is COC(=O)c1ccc(N2CCCC2)c(NC(=O)c2ccc(Cl)s2)c1. The van der Waals surface area contributed by atoms with Gasteiger partial charge >= 0.3 is 5.97 Å². The van der Waals surface area contributed by atoms with E-state index in [0.29, 0.717) is 20.5 Å². The van der Waals surface area contributed by atoms with E-state index in [2.05, 4.69) is 10.2 Å². The molecule has 126 valence electrons. The van der Waals surface area contributed by atoms with Gasteiger partial charge in [-0.1, -0.05) is 11.6 Å². The molecule has 5 nitrogen and oxygen atoms in total. The highest BCUT2D eigenvalue weighted by molar-refractivity contribution is 7.18. The molecule has 0 spiro atoms. The summed E-state index contributed by atoms with van der Waals surface area (Å²) in [5.41, 5.74) is 1.92. The number of halogens is 1. The summed E-state index contributed by atoms with van der Waals surface area (Å²) in [7, 11) is 1.34. The largest absolute Gasteiger partial charge is 0.465 e. The van der Waals surface area contributed by atoms with Gasteiger partial charge in [-0.15, -0.1) is 11.3 Å². The van der Waals surface area contributed by atoms with Crippen LogP contribution in [0.3, 0.4) is 0 Å². The molecule has 0 unspecified atom stereocenters. The zero-order valence-corrected chi connectivity index (χ0v) is 14.7. The van der Waals surface area contributed by atoms with Crippen LogP contribution in [0.25, 0.3) is 0 Å². The van der Waals surface area contributed by atoms with E-state index in [0.717, 1.165) is 31.6 Å². The van der Waals surface area contributed by atoms with Gasteiger partial charge in [-0.25, -0.2) is 4.79 Å². The first-order valence-electron chi connectivity index (χ1n) is 7.62. The van der Waals surface area contributed by atoms with Crippen LogP contribution in [0.15, 0.2) is 30.3 Å². The first kappa shape index (κ1) is 16.8. The maximum atomic E-state index is 12.5. The number of hydrogen-bond donors (Lipinski definition) is 1. The maximum absolute atomic E-state index is 12.5. The van der Waals surface area contributed by atoms with Gasteiger partial charge in [0.25, 0.3) is 5.91 Å². The van der Waals surface area contributed by atoms with Crippen LogP contribution in [0.1, 0.15) is 32.9 Å². The molecule has 1 amide bonds. The predicted molar refractivity (Wildman–Crippen MR) is 96.5 cm³/mol. The Morgan fingerprint density at radius 3 is 2.58 bits per heavy atom. The third-order valence-electron chi connectivity index (χ3n) is 3.91. The van der Waals surface area contributed by atoms with Crippen molar-refractivity contribution in [3.63, 3.8) is 0 Å². The molecule has 2 aromatic rings. The van der Waals surface area contributed by atoms with E-state index in [1.54, 1.807) is 24.3 Å². The Kier molecular flexibility index (Phi) is 5.06. The number of hydrogen-bond acceptors (Lipinski definition) is 5. The molecule has 1 aliphatic rings. The molecule has 0 saturated carbocycles. The molecule has 1 saturated heterocycles. The Hall–Kier alpha value is -2.05.